The van der Waals surface area contributed by atoms with Crippen LogP contribution in [0.15, 0.2) is 54.6 Å². The monoisotopic (exact) mass is 557 g/mol. The Labute approximate surface area is 248 Å². The first kappa shape index (κ1) is 32.3. The fraction of sp³-hybridized carbons (Fsp3) is 0.500. The van der Waals surface area contributed by atoms with Crippen molar-refractivity contribution in [3.8, 4) is 0 Å². The van der Waals surface area contributed by atoms with Gasteiger partial charge in [-0.25, -0.2) is 0 Å². The molecule has 0 bridgehead atoms. The van der Waals surface area contributed by atoms with Gasteiger partial charge in [0.2, 0.25) is 0 Å². The van der Waals surface area contributed by atoms with Crippen molar-refractivity contribution in [2.45, 2.75) is 112 Å². The Kier molecular flexibility index (Phi) is 10.8. The number of likely N-dealkylation sites (N-methyl/N-ethyl adjacent to an activating group) is 1. The minimum Gasteiger partial charge on any atom is -0.334 e. The first-order chi connectivity index (χ1) is 19.4. The Bertz CT molecular complexity index is 1340. The summed E-state index contributed by atoms with van der Waals surface area (Å²) < 4.78 is 0. The lowest BCUT2D eigenvalue weighted by Crippen LogP contribution is -2.43. The van der Waals surface area contributed by atoms with Crippen molar-refractivity contribution in [2.75, 3.05) is 7.05 Å². The van der Waals surface area contributed by atoms with Crippen LogP contribution in [0.25, 0.3) is 10.8 Å². The lowest BCUT2D eigenvalue weighted by Gasteiger charge is -2.35. The van der Waals surface area contributed by atoms with Gasteiger partial charge < -0.3 is 15.1 Å². The van der Waals surface area contributed by atoms with E-state index in [1.165, 1.54) is 0 Å². The van der Waals surface area contributed by atoms with Gasteiger partial charge in [-0.2, -0.15) is 0 Å². The molecule has 5 nitrogen and oxygen atoms in total. The highest BCUT2D eigenvalue weighted by molar-refractivity contribution is 6.09. The third kappa shape index (κ3) is 6.51. The highest BCUT2D eigenvalue weighted by atomic mass is 16.2. The Hall–Kier alpha value is -3.18. The van der Waals surface area contributed by atoms with E-state index < -0.39 is 0 Å². The molecule has 0 aromatic heterocycles. The quantitative estimate of drug-likeness (QED) is 0.260. The number of aryl methyl sites for hydroxylation is 1. The van der Waals surface area contributed by atoms with E-state index in [4.69, 9.17) is 0 Å². The van der Waals surface area contributed by atoms with Crippen LogP contribution >= 0.6 is 0 Å². The van der Waals surface area contributed by atoms with E-state index in [1.807, 2.05) is 29.0 Å². The number of hydrogen-bond donors (Lipinski definition) is 1. The number of amides is 2. The maximum atomic E-state index is 14.4. The lowest BCUT2D eigenvalue weighted by atomic mass is 9.81. The molecule has 0 spiro atoms. The Balaban J connectivity index is 2.28. The van der Waals surface area contributed by atoms with Crippen molar-refractivity contribution in [2.24, 2.45) is 0 Å². The number of rotatable bonds is 11. The van der Waals surface area contributed by atoms with Crippen LogP contribution in [-0.2, 0) is 6.42 Å². The SMILES string of the molecule is CCc1cccc([C@@H](NC)[C@@H](C)c2ccc3ccccc3c2C(=O)N(C(C)C)C(C)C)c1C(=O)N(C(C)C)C(C)C. The Morgan fingerprint density at radius 3 is 1.71 bits per heavy atom. The van der Waals surface area contributed by atoms with Crippen LogP contribution < -0.4 is 5.32 Å². The largest absolute Gasteiger partial charge is 0.334 e. The summed E-state index contributed by atoms with van der Waals surface area (Å²) in [6.07, 6.45) is 0.765. The molecule has 1 N–H and O–H groups in total. The molecule has 0 aliphatic carbocycles. The van der Waals surface area contributed by atoms with E-state index in [9.17, 15) is 9.59 Å². The Morgan fingerprint density at radius 2 is 1.20 bits per heavy atom. The zero-order valence-electron chi connectivity index (χ0n) is 27.1. The zero-order chi connectivity index (χ0) is 30.6. The molecule has 5 heteroatoms. The molecule has 0 unspecified atom stereocenters. The molecule has 222 valence electrons. The van der Waals surface area contributed by atoms with E-state index in [0.29, 0.717) is 0 Å². The first-order valence-electron chi connectivity index (χ1n) is 15.3. The van der Waals surface area contributed by atoms with Crippen LogP contribution in [0.3, 0.4) is 0 Å². The van der Waals surface area contributed by atoms with Gasteiger partial charge in [0.05, 0.1) is 5.56 Å². The molecule has 0 saturated heterocycles. The molecule has 0 fully saturated rings. The van der Waals surface area contributed by atoms with Crippen LogP contribution in [0, 0.1) is 0 Å². The van der Waals surface area contributed by atoms with Crippen molar-refractivity contribution in [1.29, 1.82) is 0 Å². The predicted molar refractivity (Wildman–Crippen MR) is 173 cm³/mol. The van der Waals surface area contributed by atoms with Crippen molar-refractivity contribution in [1.82, 2.24) is 15.1 Å². The van der Waals surface area contributed by atoms with E-state index >= 15 is 0 Å². The van der Waals surface area contributed by atoms with E-state index in [0.717, 1.165) is 45.0 Å². The molecule has 0 saturated carbocycles. The van der Waals surface area contributed by atoms with E-state index in [1.54, 1.807) is 0 Å². The second-order valence-corrected chi connectivity index (χ2v) is 12.3. The van der Waals surface area contributed by atoms with Crippen molar-refractivity contribution < 1.29 is 9.59 Å². The first-order valence-corrected chi connectivity index (χ1v) is 15.3. The van der Waals surface area contributed by atoms with Gasteiger partial charge in [0, 0.05) is 41.7 Å². The van der Waals surface area contributed by atoms with Gasteiger partial charge in [-0.1, -0.05) is 68.4 Å². The zero-order valence-corrected chi connectivity index (χ0v) is 27.1. The summed E-state index contributed by atoms with van der Waals surface area (Å²) in [5, 5.41) is 5.57. The molecule has 0 aliphatic rings. The minimum atomic E-state index is -0.180. The third-order valence-electron chi connectivity index (χ3n) is 8.28. The normalized spacial score (nSPS) is 13.3. The number of benzene rings is 3. The van der Waals surface area contributed by atoms with Crippen LogP contribution in [-0.4, -0.2) is 52.8 Å². The second kappa shape index (κ2) is 13.7. The smallest absolute Gasteiger partial charge is 0.255 e. The van der Waals surface area contributed by atoms with Gasteiger partial charge in [-0.3, -0.25) is 9.59 Å². The molecule has 2 atom stereocenters. The summed E-state index contributed by atoms with van der Waals surface area (Å²) in [6, 6.07) is 18.7. The molecule has 0 heterocycles. The fourth-order valence-corrected chi connectivity index (χ4v) is 6.58. The summed E-state index contributed by atoms with van der Waals surface area (Å²) in [5.41, 5.74) is 4.55. The maximum absolute atomic E-state index is 14.4. The van der Waals surface area contributed by atoms with Crippen LogP contribution in [0.2, 0.25) is 0 Å². The summed E-state index contributed by atoms with van der Waals surface area (Å²) in [6.45, 7) is 20.9. The van der Waals surface area contributed by atoms with E-state index in [-0.39, 0.29) is 47.9 Å². The fourth-order valence-electron chi connectivity index (χ4n) is 6.58. The molecule has 3 rings (SSSR count). The van der Waals surface area contributed by atoms with Crippen molar-refractivity contribution in [3.05, 3.63) is 82.4 Å². The maximum Gasteiger partial charge on any atom is 0.255 e. The van der Waals surface area contributed by atoms with Crippen LogP contribution in [0.4, 0.5) is 0 Å². The topological polar surface area (TPSA) is 52.7 Å². The minimum absolute atomic E-state index is 0.0490. The number of carbonyl (C=O) groups is 2. The molecule has 2 amide bonds. The summed E-state index contributed by atoms with van der Waals surface area (Å²) in [5.74, 6) is 0.0262. The molecular weight excluding hydrogens is 506 g/mol. The molecular formula is C36H51N3O2. The number of nitrogens with one attached hydrogen (secondary N) is 1. The van der Waals surface area contributed by atoms with Crippen molar-refractivity contribution in [3.63, 3.8) is 0 Å². The van der Waals surface area contributed by atoms with Gasteiger partial charge in [0.15, 0.2) is 0 Å². The molecule has 41 heavy (non-hydrogen) atoms. The highest BCUT2D eigenvalue weighted by Crippen LogP contribution is 2.39. The number of fused-ring (bicyclic) bond motifs is 1. The van der Waals surface area contributed by atoms with Gasteiger partial charge in [0.1, 0.15) is 0 Å². The second-order valence-electron chi connectivity index (χ2n) is 12.3. The molecule has 0 radical (unpaired) electrons. The average molecular weight is 558 g/mol. The molecule has 0 aliphatic heterocycles. The summed E-state index contributed by atoms with van der Waals surface area (Å²) >= 11 is 0. The highest BCUT2D eigenvalue weighted by Gasteiger charge is 2.33. The standard InChI is InChI=1S/C36H51N3O2/c1-12-27-17-15-19-31(32(27)35(40)38(22(2)3)23(4)5)34(37-11)26(10)29-21-20-28-16-13-14-18-30(28)33(29)36(41)39(24(6)7)25(8)9/h13-26,34,37H,12H2,1-11H3/t26-,34-/m0/s1. The predicted octanol–water partition coefficient (Wildman–Crippen LogP) is 7.98. The third-order valence-corrected chi connectivity index (χ3v) is 8.28. The van der Waals surface area contributed by atoms with E-state index in [2.05, 4.69) is 117 Å². The van der Waals surface area contributed by atoms with Gasteiger partial charge >= 0.3 is 0 Å². The number of carbonyl (C=O) groups excluding carboxylic acids is 2. The Morgan fingerprint density at radius 1 is 0.659 bits per heavy atom. The van der Waals surface area contributed by atoms with Gasteiger partial charge in [-0.05, 0) is 96.3 Å². The lowest BCUT2D eigenvalue weighted by molar-refractivity contribution is 0.0631. The van der Waals surface area contributed by atoms with Gasteiger partial charge in [-0.15, -0.1) is 0 Å². The van der Waals surface area contributed by atoms with Crippen LogP contribution in [0.5, 0.6) is 0 Å². The van der Waals surface area contributed by atoms with Gasteiger partial charge in [0.25, 0.3) is 11.8 Å². The van der Waals surface area contributed by atoms with Crippen molar-refractivity contribution >= 4 is 22.6 Å². The van der Waals surface area contributed by atoms with Crippen LogP contribution in [0.1, 0.15) is 119 Å². The summed E-state index contributed by atoms with van der Waals surface area (Å²) in [4.78, 5) is 32.6. The molecule has 3 aromatic carbocycles. The number of hydrogen-bond acceptors (Lipinski definition) is 3. The number of nitrogens with zero attached hydrogens (tertiary/aromatic N) is 2. The average Bonchev–Trinajstić information content (AvgIpc) is 2.91. The summed E-state index contributed by atoms with van der Waals surface area (Å²) in [7, 11) is 1.95. The molecule has 3 aromatic rings.